The van der Waals surface area contributed by atoms with Crippen molar-refractivity contribution in [3.8, 4) is 22.8 Å². The van der Waals surface area contributed by atoms with Gasteiger partial charge in [0, 0.05) is 11.3 Å². The number of hydrogen-bond acceptors (Lipinski definition) is 8. The zero-order valence-corrected chi connectivity index (χ0v) is 17.8. The lowest BCUT2D eigenvalue weighted by molar-refractivity contribution is 0.191. The Bertz CT molecular complexity index is 1240. The molecule has 0 saturated carbocycles. The minimum absolute atomic E-state index is 0.0180. The number of para-hydroxylation sites is 1. The van der Waals surface area contributed by atoms with Crippen LogP contribution in [-0.4, -0.2) is 42.0 Å². The molecule has 3 heterocycles. The van der Waals surface area contributed by atoms with E-state index in [4.69, 9.17) is 10.5 Å². The van der Waals surface area contributed by atoms with Crippen molar-refractivity contribution in [3.05, 3.63) is 60.7 Å². The molecule has 0 bridgehead atoms. The lowest BCUT2D eigenvalue weighted by atomic mass is 10.1. The summed E-state index contributed by atoms with van der Waals surface area (Å²) in [4.78, 5) is 8.43. The van der Waals surface area contributed by atoms with Crippen LogP contribution in [-0.2, 0) is 6.54 Å². The Hall–Kier alpha value is -2.82. The van der Waals surface area contributed by atoms with Crippen molar-refractivity contribution in [1.29, 1.82) is 0 Å². The minimum atomic E-state index is -0.516. The zero-order chi connectivity index (χ0) is 21.4. The number of nitrogen functional groups attached to an aromatic ring is 1. The molecule has 0 amide bonds. The molecular weight excluding hydrogens is 437 g/mol. The van der Waals surface area contributed by atoms with Crippen LogP contribution in [0.3, 0.4) is 0 Å². The van der Waals surface area contributed by atoms with Crippen LogP contribution in [0.1, 0.15) is 0 Å². The molecule has 1 aliphatic heterocycles. The van der Waals surface area contributed by atoms with Gasteiger partial charge in [-0.05, 0) is 30.3 Å². The van der Waals surface area contributed by atoms with Gasteiger partial charge in [0.25, 0.3) is 0 Å². The van der Waals surface area contributed by atoms with E-state index in [2.05, 4.69) is 15.1 Å². The third-order valence-corrected chi connectivity index (χ3v) is 7.83. The first kappa shape index (κ1) is 20.1. The van der Waals surface area contributed by atoms with Gasteiger partial charge in [0.15, 0.2) is 17.2 Å². The molecule has 0 aliphatic carbocycles. The highest BCUT2D eigenvalue weighted by Gasteiger charge is 2.29. The second-order valence-electron chi connectivity index (χ2n) is 7.04. The summed E-state index contributed by atoms with van der Waals surface area (Å²) >= 11 is 0. The normalized spacial score (nSPS) is 18.5. The number of fused-ring (bicyclic) bond motifs is 1. The molecule has 2 aromatic carbocycles. The monoisotopic (exact) mass is 455 g/mol. The number of nitrogens with two attached hydrogens (primary N) is 1. The third-order valence-electron chi connectivity index (χ3n) is 4.95. The first-order valence-corrected chi connectivity index (χ1v) is 11.9. The van der Waals surface area contributed by atoms with Gasteiger partial charge >= 0.3 is 0 Å². The number of halogens is 1. The second-order valence-corrected chi connectivity index (χ2v) is 9.69. The molecule has 2 unspecified atom stereocenters. The summed E-state index contributed by atoms with van der Waals surface area (Å²) in [6, 6.07) is 13.7. The molecule has 1 saturated heterocycles. The smallest absolute Gasteiger partial charge is 0.166 e. The van der Waals surface area contributed by atoms with Crippen molar-refractivity contribution in [2.24, 2.45) is 0 Å². The molecule has 2 atom stereocenters. The van der Waals surface area contributed by atoms with Gasteiger partial charge in [0.1, 0.15) is 23.6 Å². The molecule has 7 nitrogen and oxygen atoms in total. The number of ether oxygens (including phenoxy) is 1. The largest absolute Gasteiger partial charge is 0.454 e. The molecule has 0 radical (unpaired) electrons. The maximum atomic E-state index is 14.8. The van der Waals surface area contributed by atoms with E-state index in [0.29, 0.717) is 40.3 Å². The summed E-state index contributed by atoms with van der Waals surface area (Å²) in [5, 5.41) is 15.4. The Kier molecular flexibility index (Phi) is 5.43. The number of aromatic nitrogens is 4. The Morgan fingerprint density at radius 3 is 2.77 bits per heavy atom. The lowest BCUT2D eigenvalue weighted by Crippen LogP contribution is -2.25. The number of anilines is 1. The van der Waals surface area contributed by atoms with Crippen LogP contribution in [0.15, 0.2) is 54.9 Å². The zero-order valence-electron chi connectivity index (χ0n) is 16.2. The first-order valence-electron chi connectivity index (χ1n) is 9.56. The maximum absolute atomic E-state index is 14.8. The van der Waals surface area contributed by atoms with Crippen molar-refractivity contribution in [2.75, 3.05) is 11.5 Å². The molecule has 1 aliphatic rings. The lowest BCUT2D eigenvalue weighted by Gasteiger charge is -2.12. The number of aliphatic hydroxyl groups is 1. The summed E-state index contributed by atoms with van der Waals surface area (Å²) in [7, 11) is 3.25. The Morgan fingerprint density at radius 2 is 2.03 bits per heavy atom. The first-order chi connectivity index (χ1) is 15.1. The average Bonchev–Trinajstić information content (AvgIpc) is 3.35. The van der Waals surface area contributed by atoms with E-state index < -0.39 is 11.9 Å². The fraction of sp³-hybridized carbons (Fsp3) is 0.190. The number of nitrogens with zero attached hydrogens (tertiary/aromatic N) is 4. The Labute approximate surface area is 185 Å². The summed E-state index contributed by atoms with van der Waals surface area (Å²) in [5.41, 5.74) is 7.71. The van der Waals surface area contributed by atoms with Gasteiger partial charge in [-0.2, -0.15) is 5.10 Å². The van der Waals surface area contributed by atoms with E-state index in [1.165, 1.54) is 12.4 Å². The summed E-state index contributed by atoms with van der Waals surface area (Å²) in [5.74, 6) is 1.09. The van der Waals surface area contributed by atoms with E-state index in [-0.39, 0.29) is 16.8 Å². The quantitative estimate of drug-likeness (QED) is 0.434. The van der Waals surface area contributed by atoms with Gasteiger partial charge in [-0.1, -0.05) is 39.8 Å². The molecule has 4 aromatic rings. The highest BCUT2D eigenvalue weighted by atomic mass is 33.1. The fourth-order valence-corrected chi connectivity index (χ4v) is 6.32. The maximum Gasteiger partial charge on any atom is 0.166 e. The molecule has 10 heteroatoms. The minimum Gasteiger partial charge on any atom is -0.454 e. The highest BCUT2D eigenvalue weighted by molar-refractivity contribution is 8.77. The van der Waals surface area contributed by atoms with Crippen LogP contribution >= 0.6 is 21.6 Å². The van der Waals surface area contributed by atoms with Gasteiger partial charge in [-0.3, -0.25) is 0 Å². The number of benzene rings is 2. The van der Waals surface area contributed by atoms with Crippen LogP contribution in [0, 0.1) is 5.82 Å². The van der Waals surface area contributed by atoms with Gasteiger partial charge < -0.3 is 15.6 Å². The SMILES string of the molecule is Nc1ncnc2c1c(-c1ccc(Oc3ccccc3)c(F)c1)nn2CC1SSCC1O. The van der Waals surface area contributed by atoms with Crippen molar-refractivity contribution < 1.29 is 14.2 Å². The van der Waals surface area contributed by atoms with Gasteiger partial charge in [-0.25, -0.2) is 19.0 Å². The van der Waals surface area contributed by atoms with Crippen LogP contribution in [0.2, 0.25) is 0 Å². The summed E-state index contributed by atoms with van der Waals surface area (Å²) < 4.78 is 22.2. The second kappa shape index (κ2) is 8.37. The molecule has 5 rings (SSSR count). The van der Waals surface area contributed by atoms with Crippen LogP contribution in [0.25, 0.3) is 22.3 Å². The standard InChI is InChI=1S/C21H18FN5O2S2/c22-14-8-12(6-7-16(14)29-13-4-2-1-3-5-13)19-18-20(23)24-11-25-21(18)27(26-19)9-17-15(28)10-30-31-17/h1-8,11,15,17,28H,9-10H2,(H2,23,24,25). The van der Waals surface area contributed by atoms with E-state index in [1.54, 1.807) is 50.5 Å². The van der Waals surface area contributed by atoms with Crippen molar-refractivity contribution in [3.63, 3.8) is 0 Å². The van der Waals surface area contributed by atoms with Crippen LogP contribution in [0.5, 0.6) is 11.5 Å². The number of aliphatic hydroxyl groups excluding tert-OH is 1. The third kappa shape index (κ3) is 3.93. The van der Waals surface area contributed by atoms with Gasteiger partial charge in [-0.15, -0.1) is 0 Å². The predicted molar refractivity (Wildman–Crippen MR) is 121 cm³/mol. The van der Waals surface area contributed by atoms with E-state index >= 15 is 0 Å². The van der Waals surface area contributed by atoms with Crippen molar-refractivity contribution >= 4 is 38.4 Å². The topological polar surface area (TPSA) is 99.1 Å². The fourth-order valence-electron chi connectivity index (χ4n) is 3.40. The molecule has 158 valence electrons. The summed E-state index contributed by atoms with van der Waals surface area (Å²) in [6.45, 7) is 0.462. The number of hydrogen-bond donors (Lipinski definition) is 2. The Balaban J connectivity index is 1.53. The molecule has 0 spiro atoms. The van der Waals surface area contributed by atoms with Crippen molar-refractivity contribution in [1.82, 2.24) is 19.7 Å². The van der Waals surface area contributed by atoms with Crippen LogP contribution < -0.4 is 10.5 Å². The van der Waals surface area contributed by atoms with Gasteiger partial charge in [0.2, 0.25) is 0 Å². The molecule has 1 fully saturated rings. The molecule has 31 heavy (non-hydrogen) atoms. The molecule has 2 aromatic heterocycles. The Morgan fingerprint density at radius 1 is 1.19 bits per heavy atom. The number of rotatable bonds is 5. The predicted octanol–water partition coefficient (Wildman–Crippen LogP) is 4.13. The molecular formula is C21H18FN5O2S2. The van der Waals surface area contributed by atoms with E-state index in [1.807, 2.05) is 18.2 Å². The summed E-state index contributed by atoms with van der Waals surface area (Å²) in [6.07, 6.45) is 0.952. The van der Waals surface area contributed by atoms with Crippen LogP contribution in [0.4, 0.5) is 10.2 Å². The average molecular weight is 456 g/mol. The van der Waals surface area contributed by atoms with E-state index in [9.17, 15) is 9.50 Å². The van der Waals surface area contributed by atoms with Crippen molar-refractivity contribution in [2.45, 2.75) is 17.9 Å². The highest BCUT2D eigenvalue weighted by Crippen LogP contribution is 2.40. The van der Waals surface area contributed by atoms with Gasteiger partial charge in [0.05, 0.1) is 23.3 Å². The molecule has 3 N–H and O–H groups in total. The van der Waals surface area contributed by atoms with E-state index in [0.717, 1.165) is 0 Å².